The zero-order chi connectivity index (χ0) is 23.8. The lowest BCUT2D eigenvalue weighted by atomic mass is 9.95. The number of piperidine rings is 1. The van der Waals surface area contributed by atoms with Crippen LogP contribution in [-0.4, -0.2) is 56.3 Å². The number of nitrogens with two attached hydrogens (primary N) is 1. The molecule has 2 heterocycles. The van der Waals surface area contributed by atoms with Gasteiger partial charge in [-0.25, -0.2) is 0 Å². The largest absolute Gasteiger partial charge is 0.491 e. The van der Waals surface area contributed by atoms with Crippen LogP contribution in [0, 0.1) is 11.3 Å². The number of hydrogen-bond donors (Lipinski definition) is 3. The third-order valence-corrected chi connectivity index (χ3v) is 6.36. The first kappa shape index (κ1) is 24.5. The number of pyridine rings is 1. The van der Waals surface area contributed by atoms with E-state index in [1.807, 2.05) is 12.1 Å². The van der Waals surface area contributed by atoms with Gasteiger partial charge in [0, 0.05) is 48.2 Å². The number of amides is 1. The van der Waals surface area contributed by atoms with Gasteiger partial charge in [0.1, 0.15) is 25.3 Å². The second kappa shape index (κ2) is 11.1. The summed E-state index contributed by atoms with van der Waals surface area (Å²) in [5.74, 6) is 2.18. The summed E-state index contributed by atoms with van der Waals surface area (Å²) in [5.41, 5.74) is 8.03. The summed E-state index contributed by atoms with van der Waals surface area (Å²) in [6.07, 6.45) is 6.93. The Labute approximate surface area is 195 Å². The number of carbonyl (C=O) groups excluding carboxylic acids is 1. The molecule has 0 atom stereocenters. The van der Waals surface area contributed by atoms with Crippen molar-refractivity contribution in [2.75, 3.05) is 44.5 Å². The van der Waals surface area contributed by atoms with Crippen LogP contribution >= 0.6 is 7.14 Å². The highest BCUT2D eigenvalue weighted by molar-refractivity contribution is 7.65. The molecule has 8 nitrogen and oxygen atoms in total. The van der Waals surface area contributed by atoms with Crippen molar-refractivity contribution in [3.63, 3.8) is 0 Å². The van der Waals surface area contributed by atoms with Gasteiger partial charge in [-0.2, -0.15) is 0 Å². The predicted molar refractivity (Wildman–Crippen MR) is 134 cm³/mol. The van der Waals surface area contributed by atoms with Crippen LogP contribution in [0.25, 0.3) is 6.08 Å². The van der Waals surface area contributed by atoms with E-state index in [0.717, 1.165) is 37.2 Å². The van der Waals surface area contributed by atoms with Crippen molar-refractivity contribution in [1.29, 1.82) is 5.41 Å². The second-order valence-corrected chi connectivity index (χ2v) is 11.7. The van der Waals surface area contributed by atoms with E-state index in [4.69, 9.17) is 15.9 Å². The number of aromatic nitrogens is 1. The summed E-state index contributed by atoms with van der Waals surface area (Å²) in [6.45, 7) is 5.70. The Balaban J connectivity index is 1.50. The van der Waals surface area contributed by atoms with Crippen LogP contribution in [0.2, 0.25) is 0 Å². The highest BCUT2D eigenvalue weighted by Gasteiger charge is 2.24. The van der Waals surface area contributed by atoms with Crippen LogP contribution in [0.4, 0.5) is 5.69 Å². The molecule has 33 heavy (non-hydrogen) atoms. The van der Waals surface area contributed by atoms with Crippen LogP contribution in [0.3, 0.4) is 0 Å². The molecule has 4 N–H and O–H groups in total. The van der Waals surface area contributed by atoms with Crippen LogP contribution in [0.1, 0.15) is 24.0 Å². The number of anilines is 1. The fourth-order valence-corrected chi connectivity index (χ4v) is 4.18. The molecule has 1 fully saturated rings. The number of nitrogen functional groups attached to an aromatic ring is 1. The lowest BCUT2D eigenvalue weighted by Crippen LogP contribution is -2.41. The molecule has 0 saturated carbocycles. The van der Waals surface area contributed by atoms with Crippen molar-refractivity contribution >= 4 is 30.6 Å². The Morgan fingerprint density at radius 1 is 1.27 bits per heavy atom. The third-order valence-electron chi connectivity index (χ3n) is 5.49. The molecular weight excluding hydrogens is 437 g/mol. The van der Waals surface area contributed by atoms with Gasteiger partial charge in [-0.1, -0.05) is 12.1 Å². The number of nitrogens with one attached hydrogen (secondary N) is 2. The number of amidine groups is 1. The number of nitrogens with zero attached hydrogens (tertiary/aromatic N) is 2. The monoisotopic (exact) mass is 469 g/mol. The van der Waals surface area contributed by atoms with Crippen LogP contribution in [-0.2, 0) is 9.36 Å². The van der Waals surface area contributed by atoms with Crippen molar-refractivity contribution in [2.24, 2.45) is 11.7 Å². The van der Waals surface area contributed by atoms with Crippen molar-refractivity contribution < 1.29 is 14.1 Å². The molecule has 1 saturated heterocycles. The van der Waals surface area contributed by atoms with Gasteiger partial charge in [0.05, 0.1) is 6.54 Å². The Morgan fingerprint density at radius 3 is 2.61 bits per heavy atom. The average molecular weight is 470 g/mol. The SMILES string of the molecule is CP(C)(=O)/C=C/c1ccc(C(=N)N)cc1OCCNC(=O)C1CCN(c2ccncc2)CC1. The molecule has 0 spiro atoms. The molecule has 176 valence electrons. The maximum absolute atomic E-state index is 12.6. The lowest BCUT2D eigenvalue weighted by Gasteiger charge is -2.32. The first-order valence-electron chi connectivity index (χ1n) is 11.0. The number of carbonyl (C=O) groups is 1. The zero-order valence-electron chi connectivity index (χ0n) is 19.2. The summed E-state index contributed by atoms with van der Waals surface area (Å²) >= 11 is 0. The first-order chi connectivity index (χ1) is 15.7. The maximum Gasteiger partial charge on any atom is 0.223 e. The summed E-state index contributed by atoms with van der Waals surface area (Å²) in [4.78, 5) is 18.9. The summed E-state index contributed by atoms with van der Waals surface area (Å²) in [5, 5.41) is 10.6. The Hall–Kier alpha value is -3.12. The highest BCUT2D eigenvalue weighted by atomic mass is 31.2. The standard InChI is InChI=1S/C24H32N5O3P/c1-33(2,31)16-9-18-3-4-20(23(25)26)17-22(18)32-15-12-28-24(30)19-7-13-29(14-8-19)21-5-10-27-11-6-21/h3-6,9-11,16-17,19H,7-8,12-15H2,1-2H3,(H3,25,26)(H,28,30)/b16-9+. The zero-order valence-corrected chi connectivity index (χ0v) is 20.1. The van der Waals surface area contributed by atoms with Crippen molar-refractivity contribution in [3.8, 4) is 5.75 Å². The van der Waals surface area contributed by atoms with Crippen molar-refractivity contribution in [2.45, 2.75) is 12.8 Å². The average Bonchev–Trinajstić information content (AvgIpc) is 2.80. The molecule has 1 amide bonds. The topological polar surface area (TPSA) is 121 Å². The maximum atomic E-state index is 12.6. The van der Waals surface area contributed by atoms with Gasteiger partial charge in [-0.3, -0.25) is 15.2 Å². The number of ether oxygens (including phenoxy) is 1. The van der Waals surface area contributed by atoms with E-state index in [9.17, 15) is 9.36 Å². The Morgan fingerprint density at radius 2 is 1.97 bits per heavy atom. The molecule has 3 rings (SSSR count). The van der Waals surface area contributed by atoms with Crippen LogP contribution < -0.4 is 20.7 Å². The van der Waals surface area contributed by atoms with E-state index in [0.29, 0.717) is 17.9 Å². The Bertz CT molecular complexity index is 1040. The van der Waals surface area contributed by atoms with Gasteiger partial charge >= 0.3 is 0 Å². The summed E-state index contributed by atoms with van der Waals surface area (Å²) in [7, 11) is -2.33. The minimum Gasteiger partial charge on any atom is -0.491 e. The van der Waals surface area contributed by atoms with Gasteiger partial charge in [0.2, 0.25) is 5.91 Å². The van der Waals surface area contributed by atoms with Crippen molar-refractivity contribution in [1.82, 2.24) is 10.3 Å². The minimum atomic E-state index is -2.33. The van der Waals surface area contributed by atoms with Crippen LogP contribution in [0.15, 0.2) is 48.5 Å². The quantitative estimate of drug-likeness (QED) is 0.224. The number of rotatable bonds is 9. The van der Waals surface area contributed by atoms with Gasteiger partial charge in [-0.15, -0.1) is 0 Å². The molecule has 0 bridgehead atoms. The molecular formula is C24H32N5O3P. The second-order valence-electron chi connectivity index (χ2n) is 8.52. The van der Waals surface area contributed by atoms with Crippen LogP contribution in [0.5, 0.6) is 5.75 Å². The highest BCUT2D eigenvalue weighted by Crippen LogP contribution is 2.39. The van der Waals surface area contributed by atoms with Gasteiger partial charge in [0.25, 0.3) is 0 Å². The fourth-order valence-electron chi connectivity index (χ4n) is 3.66. The molecule has 1 aliphatic rings. The normalized spacial score (nSPS) is 14.9. The van der Waals surface area contributed by atoms with Crippen molar-refractivity contribution in [3.05, 3.63) is 59.7 Å². The fraction of sp³-hybridized carbons (Fsp3) is 0.375. The molecule has 1 aromatic heterocycles. The van der Waals surface area contributed by atoms with Gasteiger partial charge in [0.15, 0.2) is 0 Å². The van der Waals surface area contributed by atoms with E-state index in [1.54, 1.807) is 55.8 Å². The molecule has 1 aliphatic heterocycles. The molecule has 9 heteroatoms. The Kier molecular flexibility index (Phi) is 8.28. The number of hydrogen-bond acceptors (Lipinski definition) is 6. The first-order valence-corrected chi connectivity index (χ1v) is 13.7. The van der Waals surface area contributed by atoms with E-state index in [1.165, 1.54) is 0 Å². The molecule has 0 unspecified atom stereocenters. The van der Waals surface area contributed by atoms with E-state index < -0.39 is 7.14 Å². The summed E-state index contributed by atoms with van der Waals surface area (Å²) in [6, 6.07) is 9.18. The summed E-state index contributed by atoms with van der Waals surface area (Å²) < 4.78 is 17.9. The van der Waals surface area contributed by atoms with E-state index in [2.05, 4.69) is 15.2 Å². The minimum absolute atomic E-state index is 0.00845. The van der Waals surface area contributed by atoms with Gasteiger partial charge in [-0.05, 0) is 56.3 Å². The smallest absolute Gasteiger partial charge is 0.223 e. The molecule has 1 aromatic carbocycles. The molecule has 0 radical (unpaired) electrons. The lowest BCUT2D eigenvalue weighted by molar-refractivity contribution is -0.125. The molecule has 0 aliphatic carbocycles. The number of benzene rings is 1. The van der Waals surface area contributed by atoms with E-state index >= 15 is 0 Å². The molecule has 2 aromatic rings. The van der Waals surface area contributed by atoms with Gasteiger partial charge < -0.3 is 25.3 Å². The van der Waals surface area contributed by atoms with E-state index in [-0.39, 0.29) is 24.3 Å². The predicted octanol–water partition coefficient (Wildman–Crippen LogP) is 3.37. The third kappa shape index (κ3) is 7.46.